The minimum Gasteiger partial charge on any atom is -0.377 e. The zero-order valence-electron chi connectivity index (χ0n) is 12.0. The first-order valence-corrected chi connectivity index (χ1v) is 8.03. The molecule has 3 fully saturated rings. The van der Waals surface area contributed by atoms with Gasteiger partial charge in [0.2, 0.25) is 0 Å². The summed E-state index contributed by atoms with van der Waals surface area (Å²) in [5, 5.41) is 0. The van der Waals surface area contributed by atoms with Gasteiger partial charge >= 0.3 is 0 Å². The Labute approximate surface area is 116 Å². The van der Waals surface area contributed by atoms with Gasteiger partial charge in [-0.1, -0.05) is 19.8 Å². The van der Waals surface area contributed by atoms with Crippen LogP contribution in [0.15, 0.2) is 0 Å². The smallest absolute Gasteiger partial charge is 0.141 e. The molecule has 3 aliphatic rings. The van der Waals surface area contributed by atoms with Crippen molar-refractivity contribution in [3.8, 4) is 0 Å². The summed E-state index contributed by atoms with van der Waals surface area (Å²) in [5.74, 6) is 0.859. The third-order valence-corrected chi connectivity index (χ3v) is 5.39. The molecule has 1 saturated carbocycles. The molecular weight excluding hydrogens is 240 g/mol. The Morgan fingerprint density at radius 1 is 1.21 bits per heavy atom. The van der Waals surface area contributed by atoms with Crippen molar-refractivity contribution < 1.29 is 14.3 Å². The second kappa shape index (κ2) is 5.53. The van der Waals surface area contributed by atoms with E-state index in [0.29, 0.717) is 5.78 Å². The molecule has 1 aliphatic carbocycles. The summed E-state index contributed by atoms with van der Waals surface area (Å²) >= 11 is 0. The molecule has 108 valence electrons. The van der Waals surface area contributed by atoms with Gasteiger partial charge in [-0.25, -0.2) is 0 Å². The van der Waals surface area contributed by atoms with Crippen molar-refractivity contribution in [3.63, 3.8) is 0 Å². The molecule has 2 aliphatic heterocycles. The second-order valence-electron chi connectivity index (χ2n) is 6.54. The maximum Gasteiger partial charge on any atom is 0.141 e. The Balaban J connectivity index is 1.66. The third kappa shape index (κ3) is 2.59. The molecule has 3 heteroatoms. The number of ketones is 1. The molecular formula is C16H26O3. The van der Waals surface area contributed by atoms with E-state index in [4.69, 9.17) is 9.47 Å². The number of ether oxygens (including phenoxy) is 2. The maximum atomic E-state index is 12.8. The van der Waals surface area contributed by atoms with Gasteiger partial charge in [-0.3, -0.25) is 4.79 Å². The van der Waals surface area contributed by atoms with Crippen LogP contribution < -0.4 is 0 Å². The van der Waals surface area contributed by atoms with Crippen LogP contribution in [0.1, 0.15) is 58.3 Å². The normalized spacial score (nSPS) is 37.8. The summed E-state index contributed by atoms with van der Waals surface area (Å²) in [5.41, 5.74) is 0.0553. The zero-order chi connectivity index (χ0) is 13.3. The largest absolute Gasteiger partial charge is 0.377 e. The molecule has 3 rings (SSSR count). The topological polar surface area (TPSA) is 35.5 Å². The fourth-order valence-electron chi connectivity index (χ4n) is 4.32. The quantitative estimate of drug-likeness (QED) is 0.787. The summed E-state index contributed by atoms with van der Waals surface area (Å²) in [4.78, 5) is 12.8. The Morgan fingerprint density at radius 2 is 2.00 bits per heavy atom. The van der Waals surface area contributed by atoms with Crippen molar-refractivity contribution in [3.05, 3.63) is 0 Å². The monoisotopic (exact) mass is 266 g/mol. The number of rotatable bonds is 3. The van der Waals surface area contributed by atoms with Crippen LogP contribution in [0.25, 0.3) is 0 Å². The van der Waals surface area contributed by atoms with Crippen LogP contribution in [0.2, 0.25) is 0 Å². The molecule has 0 aromatic carbocycles. The lowest BCUT2D eigenvalue weighted by molar-refractivity contribution is -0.141. The average Bonchev–Trinajstić information content (AvgIpc) is 3.07. The summed E-state index contributed by atoms with van der Waals surface area (Å²) in [6.07, 6.45) is 8.83. The Bertz CT molecular complexity index is 333. The van der Waals surface area contributed by atoms with Crippen LogP contribution in [0.4, 0.5) is 0 Å². The predicted molar refractivity (Wildman–Crippen MR) is 73.0 cm³/mol. The molecule has 3 unspecified atom stereocenters. The lowest BCUT2D eigenvalue weighted by Gasteiger charge is -2.38. The Hall–Kier alpha value is -0.410. The SMILES string of the molecule is CCC1OCCC1C(=O)C1CCOC2(CCCC2)C1. The van der Waals surface area contributed by atoms with E-state index in [1.807, 2.05) is 0 Å². The molecule has 0 aromatic heterocycles. The average molecular weight is 266 g/mol. The van der Waals surface area contributed by atoms with E-state index < -0.39 is 0 Å². The number of hydrogen-bond donors (Lipinski definition) is 0. The van der Waals surface area contributed by atoms with Gasteiger partial charge in [0.25, 0.3) is 0 Å². The minimum atomic E-state index is 0.0553. The highest BCUT2D eigenvalue weighted by Crippen LogP contribution is 2.43. The molecule has 0 radical (unpaired) electrons. The van der Waals surface area contributed by atoms with Gasteiger partial charge in [0, 0.05) is 25.0 Å². The van der Waals surface area contributed by atoms with Crippen LogP contribution >= 0.6 is 0 Å². The van der Waals surface area contributed by atoms with Gasteiger partial charge in [0.1, 0.15) is 5.78 Å². The molecule has 3 nitrogen and oxygen atoms in total. The van der Waals surface area contributed by atoms with E-state index in [2.05, 4.69) is 6.92 Å². The first-order valence-electron chi connectivity index (χ1n) is 8.03. The summed E-state index contributed by atoms with van der Waals surface area (Å²) < 4.78 is 11.7. The first-order chi connectivity index (χ1) is 9.24. The first kappa shape index (κ1) is 13.6. The minimum absolute atomic E-state index is 0.0553. The van der Waals surface area contributed by atoms with E-state index in [0.717, 1.165) is 51.7 Å². The van der Waals surface area contributed by atoms with Crippen LogP contribution in [0.3, 0.4) is 0 Å². The van der Waals surface area contributed by atoms with Gasteiger partial charge in [-0.15, -0.1) is 0 Å². The van der Waals surface area contributed by atoms with E-state index >= 15 is 0 Å². The molecule has 0 amide bonds. The molecule has 0 aromatic rings. The van der Waals surface area contributed by atoms with Crippen molar-refractivity contribution in [2.24, 2.45) is 11.8 Å². The molecule has 0 N–H and O–H groups in total. The third-order valence-electron chi connectivity index (χ3n) is 5.39. The highest BCUT2D eigenvalue weighted by Gasteiger charge is 2.44. The standard InChI is InChI=1S/C16H26O3/c1-2-14-13(6-9-18-14)15(17)12-5-10-19-16(11-12)7-3-4-8-16/h12-14H,2-11H2,1H3. The lowest BCUT2D eigenvalue weighted by atomic mass is 9.77. The summed E-state index contributed by atoms with van der Waals surface area (Å²) in [6.45, 7) is 3.67. The fraction of sp³-hybridized carbons (Fsp3) is 0.938. The van der Waals surface area contributed by atoms with Gasteiger partial charge in [-0.05, 0) is 38.5 Å². The van der Waals surface area contributed by atoms with Crippen molar-refractivity contribution in [2.45, 2.75) is 70.0 Å². The number of carbonyl (C=O) groups excluding carboxylic acids is 1. The number of hydrogen-bond acceptors (Lipinski definition) is 3. The van der Waals surface area contributed by atoms with E-state index in [-0.39, 0.29) is 23.5 Å². The predicted octanol–water partition coefficient (Wildman–Crippen LogP) is 3.11. The summed E-state index contributed by atoms with van der Waals surface area (Å²) in [7, 11) is 0. The van der Waals surface area contributed by atoms with Gasteiger partial charge in [0.15, 0.2) is 0 Å². The van der Waals surface area contributed by atoms with E-state index in [1.54, 1.807) is 0 Å². The molecule has 2 heterocycles. The molecule has 2 saturated heterocycles. The van der Waals surface area contributed by atoms with Crippen molar-refractivity contribution >= 4 is 5.78 Å². The van der Waals surface area contributed by atoms with Crippen molar-refractivity contribution in [2.75, 3.05) is 13.2 Å². The second-order valence-corrected chi connectivity index (χ2v) is 6.54. The van der Waals surface area contributed by atoms with Crippen molar-refractivity contribution in [1.29, 1.82) is 0 Å². The number of Topliss-reactive ketones (excluding diaryl/α,β-unsaturated/α-hetero) is 1. The van der Waals surface area contributed by atoms with E-state index in [1.165, 1.54) is 12.8 Å². The highest BCUT2D eigenvalue weighted by atomic mass is 16.5. The fourth-order valence-corrected chi connectivity index (χ4v) is 4.32. The Morgan fingerprint density at radius 3 is 2.74 bits per heavy atom. The van der Waals surface area contributed by atoms with Gasteiger partial charge in [0.05, 0.1) is 11.7 Å². The van der Waals surface area contributed by atoms with Crippen LogP contribution in [0.5, 0.6) is 0 Å². The molecule has 3 atom stereocenters. The lowest BCUT2D eigenvalue weighted by Crippen LogP contribution is -2.42. The van der Waals surface area contributed by atoms with Crippen molar-refractivity contribution in [1.82, 2.24) is 0 Å². The van der Waals surface area contributed by atoms with Crippen LogP contribution in [-0.4, -0.2) is 30.7 Å². The zero-order valence-corrected chi connectivity index (χ0v) is 12.0. The molecule has 0 bridgehead atoms. The maximum absolute atomic E-state index is 12.8. The van der Waals surface area contributed by atoms with Gasteiger partial charge < -0.3 is 9.47 Å². The summed E-state index contributed by atoms with van der Waals surface area (Å²) in [6, 6.07) is 0. The molecule has 1 spiro atoms. The van der Waals surface area contributed by atoms with Gasteiger partial charge in [-0.2, -0.15) is 0 Å². The van der Waals surface area contributed by atoms with Crippen LogP contribution in [-0.2, 0) is 14.3 Å². The number of carbonyl (C=O) groups is 1. The van der Waals surface area contributed by atoms with Crippen LogP contribution in [0, 0.1) is 11.8 Å². The molecule has 19 heavy (non-hydrogen) atoms. The Kier molecular flexibility index (Phi) is 3.95. The highest BCUT2D eigenvalue weighted by molar-refractivity contribution is 5.84. The van der Waals surface area contributed by atoms with E-state index in [9.17, 15) is 4.79 Å².